The number of rotatable bonds is 10. The van der Waals surface area contributed by atoms with Crippen molar-refractivity contribution < 1.29 is 4.79 Å². The molecule has 1 aromatic carbocycles. The Balaban J connectivity index is 2.16. The normalized spacial score (nSPS) is 10.7. The van der Waals surface area contributed by atoms with Gasteiger partial charge in [-0.25, -0.2) is 0 Å². The zero-order valence-electron chi connectivity index (χ0n) is 13.6. The highest BCUT2D eigenvalue weighted by Gasteiger charge is 2.04. The summed E-state index contributed by atoms with van der Waals surface area (Å²) in [6.07, 6.45) is 1.51. The Kier molecular flexibility index (Phi) is 8.51. The molecule has 1 aromatic rings. The number of benzene rings is 1. The van der Waals surface area contributed by atoms with Crippen LogP contribution in [0.3, 0.4) is 0 Å². The predicted molar refractivity (Wildman–Crippen MR) is 89.7 cm³/mol. The van der Waals surface area contributed by atoms with Crippen LogP contribution in [0.25, 0.3) is 0 Å². The molecule has 0 saturated carbocycles. The molecule has 4 heteroatoms. The van der Waals surface area contributed by atoms with Gasteiger partial charge in [0.25, 0.3) is 0 Å². The summed E-state index contributed by atoms with van der Waals surface area (Å²) in [4.78, 5) is 14.0. The molecule has 1 amide bonds. The molecule has 1 rings (SSSR count). The van der Waals surface area contributed by atoms with E-state index in [1.807, 2.05) is 6.07 Å². The Bertz CT molecular complexity index is 392. The fourth-order valence-electron chi connectivity index (χ4n) is 2.17. The van der Waals surface area contributed by atoms with E-state index < -0.39 is 0 Å². The number of carbonyl (C=O) groups is 1. The van der Waals surface area contributed by atoms with Crippen LogP contribution in [0.2, 0.25) is 0 Å². The number of amides is 1. The van der Waals surface area contributed by atoms with Gasteiger partial charge in [-0.05, 0) is 25.5 Å². The maximum absolute atomic E-state index is 11.6. The number of nitrogens with zero attached hydrogens (tertiary/aromatic N) is 1. The molecule has 0 aliphatic rings. The number of para-hydroxylation sites is 1. The zero-order valence-corrected chi connectivity index (χ0v) is 13.6. The highest BCUT2D eigenvalue weighted by Crippen LogP contribution is 2.12. The Morgan fingerprint density at radius 1 is 1.19 bits per heavy atom. The van der Waals surface area contributed by atoms with E-state index in [4.69, 9.17) is 0 Å². The second-order valence-electron chi connectivity index (χ2n) is 5.48. The molecule has 0 atom stereocenters. The Labute approximate surface area is 128 Å². The molecule has 2 N–H and O–H groups in total. The average Bonchev–Trinajstić information content (AvgIpc) is 2.48. The second-order valence-corrected chi connectivity index (χ2v) is 5.48. The van der Waals surface area contributed by atoms with Crippen molar-refractivity contribution in [3.8, 4) is 0 Å². The minimum Gasteiger partial charge on any atom is -0.372 e. The third-order valence-corrected chi connectivity index (χ3v) is 3.33. The van der Waals surface area contributed by atoms with E-state index in [9.17, 15) is 4.79 Å². The Morgan fingerprint density at radius 2 is 1.90 bits per heavy atom. The van der Waals surface area contributed by atoms with Crippen molar-refractivity contribution in [2.45, 2.75) is 39.7 Å². The summed E-state index contributed by atoms with van der Waals surface area (Å²) in [6, 6.07) is 10.8. The fraction of sp³-hybridized carbons (Fsp3) is 0.588. The van der Waals surface area contributed by atoms with Gasteiger partial charge in [0.15, 0.2) is 0 Å². The van der Waals surface area contributed by atoms with Gasteiger partial charge >= 0.3 is 0 Å². The van der Waals surface area contributed by atoms with Crippen molar-refractivity contribution in [3.63, 3.8) is 0 Å². The topological polar surface area (TPSA) is 44.4 Å². The van der Waals surface area contributed by atoms with Crippen LogP contribution < -0.4 is 15.5 Å². The van der Waals surface area contributed by atoms with Gasteiger partial charge < -0.3 is 15.5 Å². The van der Waals surface area contributed by atoms with Crippen LogP contribution in [0, 0.1) is 0 Å². The van der Waals surface area contributed by atoms with Crippen molar-refractivity contribution >= 4 is 11.6 Å². The summed E-state index contributed by atoms with van der Waals surface area (Å²) in [5.41, 5.74) is 1.24. The number of carbonyl (C=O) groups excluding carboxylic acids is 1. The van der Waals surface area contributed by atoms with Crippen LogP contribution in [-0.2, 0) is 4.79 Å². The molecular weight excluding hydrogens is 262 g/mol. The van der Waals surface area contributed by atoms with E-state index in [0.717, 1.165) is 32.6 Å². The van der Waals surface area contributed by atoms with Gasteiger partial charge in [0, 0.05) is 44.3 Å². The predicted octanol–water partition coefficient (Wildman–Crippen LogP) is 2.41. The van der Waals surface area contributed by atoms with Crippen LogP contribution in [0.5, 0.6) is 0 Å². The van der Waals surface area contributed by atoms with Gasteiger partial charge in [-0.1, -0.05) is 32.0 Å². The molecule has 0 heterocycles. The maximum atomic E-state index is 11.6. The maximum Gasteiger partial charge on any atom is 0.221 e. The fourth-order valence-corrected chi connectivity index (χ4v) is 2.17. The first-order valence-electron chi connectivity index (χ1n) is 7.93. The van der Waals surface area contributed by atoms with Crippen LogP contribution in [-0.4, -0.2) is 38.1 Å². The van der Waals surface area contributed by atoms with Crippen molar-refractivity contribution in [1.82, 2.24) is 10.6 Å². The Hall–Kier alpha value is -1.55. The molecule has 0 aliphatic heterocycles. The molecule has 118 valence electrons. The van der Waals surface area contributed by atoms with Gasteiger partial charge in [0.05, 0.1) is 0 Å². The number of nitrogens with one attached hydrogen (secondary N) is 2. The first-order valence-corrected chi connectivity index (χ1v) is 7.93. The average molecular weight is 291 g/mol. The van der Waals surface area contributed by atoms with Crippen LogP contribution >= 0.6 is 0 Å². The summed E-state index contributed by atoms with van der Waals surface area (Å²) in [5, 5.41) is 6.23. The van der Waals surface area contributed by atoms with Gasteiger partial charge in [0.1, 0.15) is 0 Å². The zero-order chi connectivity index (χ0) is 15.5. The lowest BCUT2D eigenvalue weighted by Gasteiger charge is -2.23. The second kappa shape index (κ2) is 10.2. The standard InChI is InChI=1S/C17H29N3O/c1-4-20(16-9-6-5-7-10-16)14-8-12-19-17(21)11-13-18-15(2)3/h5-7,9-10,15,18H,4,8,11-14H2,1-3H3,(H,19,21). The minimum absolute atomic E-state index is 0.130. The van der Waals surface area contributed by atoms with Crippen molar-refractivity contribution in [1.29, 1.82) is 0 Å². The lowest BCUT2D eigenvalue weighted by Crippen LogP contribution is -2.32. The number of anilines is 1. The van der Waals surface area contributed by atoms with E-state index in [0.29, 0.717) is 12.5 Å². The molecular formula is C17H29N3O. The first kappa shape index (κ1) is 17.5. The van der Waals surface area contributed by atoms with Crippen molar-refractivity contribution in [3.05, 3.63) is 30.3 Å². The van der Waals surface area contributed by atoms with E-state index in [-0.39, 0.29) is 5.91 Å². The van der Waals surface area contributed by atoms with Crippen LogP contribution in [0.4, 0.5) is 5.69 Å². The van der Waals surface area contributed by atoms with Crippen LogP contribution in [0.15, 0.2) is 30.3 Å². The molecule has 0 saturated heterocycles. The van der Waals surface area contributed by atoms with Crippen molar-refractivity contribution in [2.24, 2.45) is 0 Å². The van der Waals surface area contributed by atoms with E-state index in [1.54, 1.807) is 0 Å². The SMILES string of the molecule is CCN(CCCNC(=O)CCNC(C)C)c1ccccc1. The number of hydrogen-bond acceptors (Lipinski definition) is 3. The lowest BCUT2D eigenvalue weighted by atomic mass is 10.2. The molecule has 0 radical (unpaired) electrons. The summed E-state index contributed by atoms with van der Waals surface area (Å²) in [6.45, 7) is 9.75. The highest BCUT2D eigenvalue weighted by molar-refractivity contribution is 5.76. The van der Waals surface area contributed by atoms with Gasteiger partial charge in [0.2, 0.25) is 5.91 Å². The van der Waals surface area contributed by atoms with Crippen LogP contribution in [0.1, 0.15) is 33.6 Å². The van der Waals surface area contributed by atoms with E-state index >= 15 is 0 Å². The van der Waals surface area contributed by atoms with Gasteiger partial charge in [-0.2, -0.15) is 0 Å². The third kappa shape index (κ3) is 7.71. The summed E-state index contributed by atoms with van der Waals surface area (Å²) < 4.78 is 0. The summed E-state index contributed by atoms with van der Waals surface area (Å²) in [5.74, 6) is 0.130. The quantitative estimate of drug-likeness (QED) is 0.651. The van der Waals surface area contributed by atoms with E-state index in [2.05, 4.69) is 60.6 Å². The minimum atomic E-state index is 0.130. The summed E-state index contributed by atoms with van der Waals surface area (Å²) >= 11 is 0. The monoisotopic (exact) mass is 291 g/mol. The molecule has 0 aliphatic carbocycles. The smallest absolute Gasteiger partial charge is 0.221 e. The molecule has 0 bridgehead atoms. The highest BCUT2D eigenvalue weighted by atomic mass is 16.1. The Morgan fingerprint density at radius 3 is 2.52 bits per heavy atom. The largest absolute Gasteiger partial charge is 0.372 e. The van der Waals surface area contributed by atoms with Gasteiger partial charge in [-0.15, -0.1) is 0 Å². The van der Waals surface area contributed by atoms with Crippen molar-refractivity contribution in [2.75, 3.05) is 31.1 Å². The van der Waals surface area contributed by atoms with E-state index in [1.165, 1.54) is 5.69 Å². The van der Waals surface area contributed by atoms with Gasteiger partial charge in [-0.3, -0.25) is 4.79 Å². The molecule has 0 unspecified atom stereocenters. The summed E-state index contributed by atoms with van der Waals surface area (Å²) in [7, 11) is 0. The third-order valence-electron chi connectivity index (χ3n) is 3.33. The first-order chi connectivity index (χ1) is 10.1. The molecule has 21 heavy (non-hydrogen) atoms. The molecule has 0 spiro atoms. The molecule has 4 nitrogen and oxygen atoms in total. The molecule has 0 fully saturated rings. The number of hydrogen-bond donors (Lipinski definition) is 2. The lowest BCUT2D eigenvalue weighted by molar-refractivity contribution is -0.121. The molecule has 0 aromatic heterocycles.